The Morgan fingerprint density at radius 1 is 1.50 bits per heavy atom. The van der Waals surface area contributed by atoms with Gasteiger partial charge in [0.1, 0.15) is 5.60 Å². The Morgan fingerprint density at radius 2 is 2.22 bits per heavy atom. The third-order valence-corrected chi connectivity index (χ3v) is 3.57. The fraction of sp³-hybridized carbons (Fsp3) is 0.786. The number of nitrogens with one attached hydrogen (secondary N) is 2. The van der Waals surface area contributed by atoms with E-state index in [9.17, 15) is 4.79 Å². The van der Waals surface area contributed by atoms with Gasteiger partial charge in [0.15, 0.2) is 0 Å². The molecule has 2 aliphatic rings. The second kappa shape index (κ2) is 4.92. The summed E-state index contributed by atoms with van der Waals surface area (Å²) in [4.78, 5) is 11.7. The van der Waals surface area contributed by atoms with Crippen LogP contribution in [0.4, 0.5) is 4.79 Å². The van der Waals surface area contributed by atoms with Crippen molar-refractivity contribution in [2.75, 3.05) is 19.6 Å². The van der Waals surface area contributed by atoms with Crippen molar-refractivity contribution in [2.24, 2.45) is 5.41 Å². The second-order valence-electron chi connectivity index (χ2n) is 6.32. The Kier molecular flexibility index (Phi) is 3.66. The largest absolute Gasteiger partial charge is 0.444 e. The van der Waals surface area contributed by atoms with Crippen LogP contribution in [0.25, 0.3) is 0 Å². The van der Waals surface area contributed by atoms with Gasteiger partial charge in [-0.25, -0.2) is 4.79 Å². The van der Waals surface area contributed by atoms with E-state index in [1.54, 1.807) is 0 Å². The molecule has 4 heteroatoms. The molecule has 1 saturated carbocycles. The molecular weight excluding hydrogens is 228 g/mol. The van der Waals surface area contributed by atoms with Crippen LogP contribution in [-0.4, -0.2) is 31.3 Å². The summed E-state index contributed by atoms with van der Waals surface area (Å²) < 4.78 is 5.27. The van der Waals surface area contributed by atoms with Crippen LogP contribution < -0.4 is 10.6 Å². The van der Waals surface area contributed by atoms with Gasteiger partial charge in [-0.2, -0.15) is 0 Å². The molecule has 2 N–H and O–H groups in total. The highest BCUT2D eigenvalue weighted by Crippen LogP contribution is 2.52. The minimum Gasteiger partial charge on any atom is -0.444 e. The molecule has 102 valence electrons. The highest BCUT2D eigenvalue weighted by molar-refractivity contribution is 5.67. The summed E-state index contributed by atoms with van der Waals surface area (Å²) in [5.74, 6) is 0. The van der Waals surface area contributed by atoms with Crippen molar-refractivity contribution >= 4 is 6.09 Å². The van der Waals surface area contributed by atoms with Gasteiger partial charge in [-0.15, -0.1) is 0 Å². The molecule has 1 aliphatic heterocycles. The molecule has 4 nitrogen and oxygen atoms in total. The fourth-order valence-corrected chi connectivity index (χ4v) is 2.42. The molecular formula is C14H24N2O2. The number of rotatable bonds is 3. The summed E-state index contributed by atoms with van der Waals surface area (Å²) in [6, 6.07) is 0. The highest BCUT2D eigenvalue weighted by atomic mass is 16.6. The summed E-state index contributed by atoms with van der Waals surface area (Å²) in [5, 5.41) is 6.24. The summed E-state index contributed by atoms with van der Waals surface area (Å²) >= 11 is 0. The number of carbonyl (C=O) groups is 1. The van der Waals surface area contributed by atoms with Gasteiger partial charge < -0.3 is 15.4 Å². The lowest BCUT2D eigenvalue weighted by atomic mass is 9.91. The molecule has 0 aromatic rings. The summed E-state index contributed by atoms with van der Waals surface area (Å²) in [6.45, 7) is 8.38. The van der Waals surface area contributed by atoms with Crippen LogP contribution in [0.1, 0.15) is 40.0 Å². The number of hydrogen-bond donors (Lipinski definition) is 2. The molecule has 0 unspecified atom stereocenters. The maximum absolute atomic E-state index is 11.7. The lowest BCUT2D eigenvalue weighted by Crippen LogP contribution is -2.37. The van der Waals surface area contributed by atoms with Gasteiger partial charge in [0.05, 0.1) is 0 Å². The van der Waals surface area contributed by atoms with E-state index < -0.39 is 5.60 Å². The molecule has 1 amide bonds. The number of carbonyl (C=O) groups excluding carboxylic acids is 1. The Bertz CT molecular complexity index is 351. The van der Waals surface area contributed by atoms with E-state index in [1.165, 1.54) is 18.4 Å². The third-order valence-electron chi connectivity index (χ3n) is 3.57. The van der Waals surface area contributed by atoms with E-state index in [1.807, 2.05) is 20.8 Å². The molecule has 1 heterocycles. The predicted molar refractivity (Wildman–Crippen MR) is 71.5 cm³/mol. The monoisotopic (exact) mass is 252 g/mol. The van der Waals surface area contributed by atoms with E-state index >= 15 is 0 Å². The molecule has 1 aliphatic carbocycles. The first-order valence-corrected chi connectivity index (χ1v) is 6.78. The quantitative estimate of drug-likeness (QED) is 0.757. The first kappa shape index (κ1) is 13.4. The predicted octanol–water partition coefficient (Wildman–Crippen LogP) is 2.21. The molecule has 1 fully saturated rings. The molecule has 2 rings (SSSR count). The average molecular weight is 252 g/mol. The van der Waals surface area contributed by atoms with E-state index in [2.05, 4.69) is 16.7 Å². The van der Waals surface area contributed by atoms with Gasteiger partial charge in [0.2, 0.25) is 0 Å². The molecule has 0 aromatic heterocycles. The fourth-order valence-electron chi connectivity index (χ4n) is 2.42. The van der Waals surface area contributed by atoms with Crippen LogP contribution in [0, 0.1) is 5.41 Å². The van der Waals surface area contributed by atoms with Crippen LogP contribution >= 0.6 is 0 Å². The van der Waals surface area contributed by atoms with Crippen molar-refractivity contribution in [1.29, 1.82) is 0 Å². The van der Waals surface area contributed by atoms with Gasteiger partial charge in [0, 0.05) is 18.5 Å². The molecule has 0 bridgehead atoms. The van der Waals surface area contributed by atoms with E-state index in [-0.39, 0.29) is 11.5 Å². The Labute approximate surface area is 109 Å². The van der Waals surface area contributed by atoms with Gasteiger partial charge in [0.25, 0.3) is 0 Å². The first-order chi connectivity index (χ1) is 8.41. The topological polar surface area (TPSA) is 50.4 Å². The highest BCUT2D eigenvalue weighted by Gasteiger charge is 2.46. The Morgan fingerprint density at radius 3 is 2.72 bits per heavy atom. The van der Waals surface area contributed by atoms with Crippen molar-refractivity contribution in [3.63, 3.8) is 0 Å². The number of ether oxygens (including phenoxy) is 1. The van der Waals surface area contributed by atoms with E-state index in [4.69, 9.17) is 4.74 Å². The number of alkyl carbamates (subject to hydrolysis) is 1. The van der Waals surface area contributed by atoms with Crippen molar-refractivity contribution in [2.45, 2.75) is 45.6 Å². The van der Waals surface area contributed by atoms with Crippen molar-refractivity contribution in [3.8, 4) is 0 Å². The molecule has 0 aromatic carbocycles. The maximum Gasteiger partial charge on any atom is 0.407 e. The van der Waals surface area contributed by atoms with Gasteiger partial charge >= 0.3 is 6.09 Å². The smallest absolute Gasteiger partial charge is 0.407 e. The van der Waals surface area contributed by atoms with Crippen molar-refractivity contribution in [1.82, 2.24) is 10.6 Å². The lowest BCUT2D eigenvalue weighted by molar-refractivity contribution is 0.0519. The molecule has 0 saturated heterocycles. The maximum atomic E-state index is 11.7. The molecule has 0 radical (unpaired) electrons. The van der Waals surface area contributed by atoms with E-state index in [0.717, 1.165) is 19.5 Å². The van der Waals surface area contributed by atoms with Gasteiger partial charge in [-0.3, -0.25) is 0 Å². The van der Waals surface area contributed by atoms with Crippen LogP contribution in [0.3, 0.4) is 0 Å². The second-order valence-corrected chi connectivity index (χ2v) is 6.32. The lowest BCUT2D eigenvalue weighted by Gasteiger charge is -2.25. The normalized spacial score (nSPS) is 22.1. The van der Waals surface area contributed by atoms with Crippen LogP contribution in [0.5, 0.6) is 0 Å². The van der Waals surface area contributed by atoms with Crippen LogP contribution in [-0.2, 0) is 4.74 Å². The minimum atomic E-state index is -0.422. The van der Waals surface area contributed by atoms with Gasteiger partial charge in [-0.05, 0) is 46.6 Å². The van der Waals surface area contributed by atoms with Crippen LogP contribution in [0.2, 0.25) is 0 Å². The SMILES string of the molecule is CC(C)(C)OC(=O)NCC1(C2=CCNCC2)CC1. The standard InChI is InChI=1S/C14H24N2O2/c1-13(2,3)18-12(17)16-10-14(6-7-14)11-4-8-15-9-5-11/h4,15H,5-10H2,1-3H3,(H,16,17). The summed E-state index contributed by atoms with van der Waals surface area (Å²) in [6.07, 6.45) is 5.47. The van der Waals surface area contributed by atoms with Crippen molar-refractivity contribution < 1.29 is 9.53 Å². The van der Waals surface area contributed by atoms with Crippen LogP contribution in [0.15, 0.2) is 11.6 Å². The number of hydrogen-bond acceptors (Lipinski definition) is 3. The molecule has 0 spiro atoms. The van der Waals surface area contributed by atoms with Gasteiger partial charge in [-0.1, -0.05) is 11.6 Å². The number of amides is 1. The summed E-state index contributed by atoms with van der Waals surface area (Å²) in [5.41, 5.74) is 1.32. The zero-order chi connectivity index (χ0) is 13.2. The molecule has 0 atom stereocenters. The first-order valence-electron chi connectivity index (χ1n) is 6.78. The third kappa shape index (κ3) is 3.48. The Balaban J connectivity index is 1.83. The van der Waals surface area contributed by atoms with Crippen molar-refractivity contribution in [3.05, 3.63) is 11.6 Å². The zero-order valence-electron chi connectivity index (χ0n) is 11.6. The summed E-state index contributed by atoms with van der Waals surface area (Å²) in [7, 11) is 0. The van der Waals surface area contributed by atoms with E-state index in [0.29, 0.717) is 6.54 Å². The minimum absolute atomic E-state index is 0.235. The zero-order valence-corrected chi connectivity index (χ0v) is 11.6. The Hall–Kier alpha value is -1.03. The average Bonchev–Trinajstić information content (AvgIpc) is 3.06. The molecule has 18 heavy (non-hydrogen) atoms.